The molecule has 0 radical (unpaired) electrons. The Morgan fingerprint density at radius 3 is 2.43 bits per heavy atom. The number of hydrogen-bond donors (Lipinski definition) is 2. The molecular weight excluding hydrogens is 304 g/mol. The third-order valence-corrected chi connectivity index (χ3v) is 6.02. The van der Waals surface area contributed by atoms with Crippen LogP contribution < -0.4 is 10.0 Å². The van der Waals surface area contributed by atoms with E-state index >= 15 is 0 Å². The smallest absolute Gasteiger partial charge is 0.241 e. The van der Waals surface area contributed by atoms with Gasteiger partial charge in [0.05, 0.1) is 0 Å². The van der Waals surface area contributed by atoms with Crippen LogP contribution in [0, 0.1) is 12.3 Å². The van der Waals surface area contributed by atoms with Gasteiger partial charge in [0.15, 0.2) is 0 Å². The van der Waals surface area contributed by atoms with Crippen LogP contribution in [-0.4, -0.2) is 21.0 Å². The molecule has 0 amide bonds. The van der Waals surface area contributed by atoms with E-state index in [0.717, 1.165) is 16.9 Å². The van der Waals surface area contributed by atoms with E-state index < -0.39 is 10.0 Å². The van der Waals surface area contributed by atoms with Gasteiger partial charge in [0.25, 0.3) is 0 Å². The van der Waals surface area contributed by atoms with Gasteiger partial charge in [-0.25, -0.2) is 13.1 Å². The molecule has 2 N–H and O–H groups in total. The van der Waals surface area contributed by atoms with E-state index in [9.17, 15) is 8.42 Å². The van der Waals surface area contributed by atoms with Gasteiger partial charge in [-0.15, -0.1) is 11.3 Å². The number of thiophene rings is 1. The molecule has 0 aliphatic carbocycles. The van der Waals surface area contributed by atoms with Gasteiger partial charge in [0, 0.05) is 24.0 Å². The normalized spacial score (nSPS) is 13.1. The molecule has 0 saturated heterocycles. The van der Waals surface area contributed by atoms with E-state index in [1.54, 1.807) is 0 Å². The lowest BCUT2D eigenvalue weighted by atomic mass is 9.93. The molecule has 0 atom stereocenters. The van der Waals surface area contributed by atoms with Gasteiger partial charge < -0.3 is 5.32 Å². The Morgan fingerprint density at radius 1 is 1.29 bits per heavy atom. The number of aryl methyl sites for hydroxylation is 1. The maximum Gasteiger partial charge on any atom is 0.241 e. The van der Waals surface area contributed by atoms with E-state index in [-0.39, 0.29) is 5.41 Å². The summed E-state index contributed by atoms with van der Waals surface area (Å²) in [4.78, 5) is 1.33. The van der Waals surface area contributed by atoms with Crippen molar-refractivity contribution in [1.82, 2.24) is 10.0 Å². The number of rotatable bonds is 7. The van der Waals surface area contributed by atoms with Crippen LogP contribution in [0.15, 0.2) is 10.3 Å². The third kappa shape index (κ3) is 6.06. The lowest BCUT2D eigenvalue weighted by molar-refractivity contribution is 0.378. The van der Waals surface area contributed by atoms with Gasteiger partial charge in [0.2, 0.25) is 10.0 Å². The first kappa shape index (κ1) is 18.6. The quantitative estimate of drug-likeness (QED) is 0.806. The molecule has 0 spiro atoms. The van der Waals surface area contributed by atoms with Gasteiger partial charge in [-0.1, -0.05) is 34.6 Å². The predicted octanol–water partition coefficient (Wildman–Crippen LogP) is 3.27. The van der Waals surface area contributed by atoms with Crippen molar-refractivity contribution < 1.29 is 8.42 Å². The van der Waals surface area contributed by atoms with Crippen LogP contribution in [0.4, 0.5) is 0 Å². The van der Waals surface area contributed by atoms with Gasteiger partial charge in [-0.3, -0.25) is 0 Å². The summed E-state index contributed by atoms with van der Waals surface area (Å²) in [6.45, 7) is 13.3. The van der Waals surface area contributed by atoms with Crippen molar-refractivity contribution >= 4 is 21.4 Å². The van der Waals surface area contributed by atoms with Crippen molar-refractivity contribution in [2.24, 2.45) is 5.41 Å². The fourth-order valence-electron chi connectivity index (χ4n) is 1.90. The predicted molar refractivity (Wildman–Crippen MR) is 90.3 cm³/mol. The van der Waals surface area contributed by atoms with E-state index in [4.69, 9.17) is 0 Å². The Hall–Kier alpha value is -0.430. The average Bonchev–Trinajstić information content (AvgIpc) is 2.66. The minimum atomic E-state index is -3.43. The molecule has 0 unspecified atom stereocenters. The zero-order valence-electron chi connectivity index (χ0n) is 13.9. The number of sulfonamides is 1. The molecule has 21 heavy (non-hydrogen) atoms. The van der Waals surface area contributed by atoms with Crippen molar-refractivity contribution in [1.29, 1.82) is 0 Å². The molecular formula is C15H28N2O2S2. The summed E-state index contributed by atoms with van der Waals surface area (Å²) >= 11 is 1.50. The minimum absolute atomic E-state index is 0.119. The standard InChI is InChI=1S/C15H28N2O2S2/c1-11(2)16-9-13-14(12(3)10-20-13)21(18,19)17-8-7-15(4,5)6/h10-11,16-17H,7-9H2,1-6H3. The van der Waals surface area contributed by atoms with Crippen LogP contribution in [0.1, 0.15) is 51.5 Å². The van der Waals surface area contributed by atoms with Crippen LogP contribution in [0.2, 0.25) is 0 Å². The first-order valence-electron chi connectivity index (χ1n) is 7.33. The second-order valence-electron chi connectivity index (χ2n) is 6.92. The zero-order valence-corrected chi connectivity index (χ0v) is 15.5. The monoisotopic (exact) mass is 332 g/mol. The Kier molecular flexibility index (Phi) is 6.40. The largest absolute Gasteiger partial charge is 0.310 e. The van der Waals surface area contributed by atoms with Crippen LogP contribution in [0.25, 0.3) is 0 Å². The maximum absolute atomic E-state index is 12.5. The molecule has 1 rings (SSSR count). The van der Waals surface area contributed by atoms with Crippen molar-refractivity contribution in [2.45, 2.75) is 65.4 Å². The molecule has 0 aliphatic rings. The van der Waals surface area contributed by atoms with Crippen LogP contribution >= 0.6 is 11.3 Å². The van der Waals surface area contributed by atoms with Gasteiger partial charge in [0.1, 0.15) is 4.90 Å². The highest BCUT2D eigenvalue weighted by Crippen LogP contribution is 2.27. The third-order valence-electron chi connectivity index (χ3n) is 3.10. The van der Waals surface area contributed by atoms with Gasteiger partial charge in [-0.2, -0.15) is 0 Å². The lowest BCUT2D eigenvalue weighted by Crippen LogP contribution is -2.29. The summed E-state index contributed by atoms with van der Waals surface area (Å²) in [6.07, 6.45) is 0.814. The van der Waals surface area contributed by atoms with Gasteiger partial charge >= 0.3 is 0 Å². The minimum Gasteiger partial charge on any atom is -0.310 e. The molecule has 1 aromatic rings. The molecule has 0 saturated carbocycles. The molecule has 0 fully saturated rings. The molecule has 122 valence electrons. The molecule has 4 nitrogen and oxygen atoms in total. The van der Waals surface area contributed by atoms with E-state index in [1.165, 1.54) is 11.3 Å². The topological polar surface area (TPSA) is 58.2 Å². The highest BCUT2D eigenvalue weighted by atomic mass is 32.2. The summed E-state index contributed by atoms with van der Waals surface area (Å²) in [5, 5.41) is 5.20. The van der Waals surface area contributed by atoms with Crippen molar-refractivity contribution in [3.05, 3.63) is 15.8 Å². The first-order chi connectivity index (χ1) is 9.53. The maximum atomic E-state index is 12.5. The molecule has 0 aromatic carbocycles. The van der Waals surface area contributed by atoms with Crippen LogP contribution in [0.5, 0.6) is 0 Å². The number of nitrogens with one attached hydrogen (secondary N) is 2. The molecule has 1 heterocycles. The Labute approximate surface area is 133 Å². The van der Waals surface area contributed by atoms with E-state index in [0.29, 0.717) is 24.0 Å². The highest BCUT2D eigenvalue weighted by molar-refractivity contribution is 7.89. The Bertz CT molecular complexity index is 555. The van der Waals surface area contributed by atoms with E-state index in [1.807, 2.05) is 12.3 Å². The molecule has 0 aliphatic heterocycles. The summed E-state index contributed by atoms with van der Waals surface area (Å²) in [5.74, 6) is 0. The second-order valence-corrected chi connectivity index (χ2v) is 9.58. The average molecular weight is 333 g/mol. The first-order valence-corrected chi connectivity index (χ1v) is 9.69. The zero-order chi connectivity index (χ0) is 16.3. The summed E-state index contributed by atoms with van der Waals surface area (Å²) in [6, 6.07) is 0.330. The lowest BCUT2D eigenvalue weighted by Gasteiger charge is -2.18. The van der Waals surface area contributed by atoms with Crippen molar-refractivity contribution in [2.75, 3.05) is 6.54 Å². The second kappa shape index (κ2) is 7.22. The van der Waals surface area contributed by atoms with Crippen molar-refractivity contribution in [3.63, 3.8) is 0 Å². The molecule has 6 heteroatoms. The molecule has 1 aromatic heterocycles. The fourth-order valence-corrected chi connectivity index (χ4v) is 4.69. The summed E-state index contributed by atoms with van der Waals surface area (Å²) in [5.41, 5.74) is 0.942. The summed E-state index contributed by atoms with van der Waals surface area (Å²) < 4.78 is 27.8. The highest BCUT2D eigenvalue weighted by Gasteiger charge is 2.23. The fraction of sp³-hybridized carbons (Fsp3) is 0.733. The van der Waals surface area contributed by atoms with Crippen molar-refractivity contribution in [3.8, 4) is 0 Å². The SMILES string of the molecule is Cc1csc(CNC(C)C)c1S(=O)(=O)NCCC(C)(C)C. The number of hydrogen-bond acceptors (Lipinski definition) is 4. The van der Waals surface area contributed by atoms with Gasteiger partial charge in [-0.05, 0) is 29.7 Å². The van der Waals surface area contributed by atoms with E-state index in [2.05, 4.69) is 44.7 Å². The van der Waals surface area contributed by atoms with Crippen LogP contribution in [-0.2, 0) is 16.6 Å². The van der Waals surface area contributed by atoms with Crippen LogP contribution in [0.3, 0.4) is 0 Å². The Morgan fingerprint density at radius 2 is 1.90 bits per heavy atom. The Balaban J connectivity index is 2.85. The molecule has 0 bridgehead atoms. The summed E-state index contributed by atoms with van der Waals surface area (Å²) in [7, 11) is -3.43.